The van der Waals surface area contributed by atoms with E-state index in [1.54, 1.807) is 12.1 Å². The molecule has 0 saturated carbocycles. The standard InChI is InChI=1S/C20H19NO2/c1-15(14-21-20(22)19-8-5-13-23-19)16-9-11-18(12-10-16)17-6-3-2-4-7-17/h2-13,15H,14H2,1H3,(H,21,22). The van der Waals surface area contributed by atoms with E-state index in [-0.39, 0.29) is 11.8 Å². The van der Waals surface area contributed by atoms with E-state index < -0.39 is 0 Å². The van der Waals surface area contributed by atoms with E-state index in [1.165, 1.54) is 23.0 Å². The van der Waals surface area contributed by atoms with Gasteiger partial charge in [0.25, 0.3) is 5.91 Å². The summed E-state index contributed by atoms with van der Waals surface area (Å²) in [5.41, 5.74) is 3.60. The predicted octanol–water partition coefficient (Wildman–Crippen LogP) is 4.48. The quantitative estimate of drug-likeness (QED) is 0.755. The van der Waals surface area contributed by atoms with Crippen molar-refractivity contribution in [1.82, 2.24) is 5.32 Å². The largest absolute Gasteiger partial charge is 0.459 e. The number of hydrogen-bond acceptors (Lipinski definition) is 2. The SMILES string of the molecule is CC(CNC(=O)c1ccco1)c1ccc(-c2ccccc2)cc1. The molecule has 116 valence electrons. The van der Waals surface area contributed by atoms with Crippen molar-refractivity contribution < 1.29 is 9.21 Å². The van der Waals surface area contributed by atoms with Crippen LogP contribution in [-0.2, 0) is 0 Å². The molecule has 0 bridgehead atoms. The van der Waals surface area contributed by atoms with Crippen LogP contribution in [0.3, 0.4) is 0 Å². The van der Waals surface area contributed by atoms with Gasteiger partial charge in [0.15, 0.2) is 5.76 Å². The van der Waals surface area contributed by atoms with Crippen LogP contribution in [0.15, 0.2) is 77.4 Å². The van der Waals surface area contributed by atoms with Gasteiger partial charge >= 0.3 is 0 Å². The normalized spacial score (nSPS) is 11.9. The Morgan fingerprint density at radius 1 is 0.957 bits per heavy atom. The fourth-order valence-electron chi connectivity index (χ4n) is 2.49. The van der Waals surface area contributed by atoms with Crippen LogP contribution in [0, 0.1) is 0 Å². The highest BCUT2D eigenvalue weighted by molar-refractivity contribution is 5.91. The molecule has 0 aliphatic carbocycles. The van der Waals surface area contributed by atoms with Gasteiger partial charge in [0.05, 0.1) is 6.26 Å². The van der Waals surface area contributed by atoms with E-state index >= 15 is 0 Å². The van der Waals surface area contributed by atoms with Crippen LogP contribution in [0.2, 0.25) is 0 Å². The van der Waals surface area contributed by atoms with Gasteiger partial charge < -0.3 is 9.73 Å². The molecular weight excluding hydrogens is 286 g/mol. The molecule has 0 aliphatic heterocycles. The number of carbonyl (C=O) groups is 1. The van der Waals surface area contributed by atoms with Crippen LogP contribution in [0.1, 0.15) is 29.0 Å². The van der Waals surface area contributed by atoms with Gasteiger partial charge in [-0.2, -0.15) is 0 Å². The summed E-state index contributed by atoms with van der Waals surface area (Å²) in [6.07, 6.45) is 1.50. The second kappa shape index (κ2) is 6.97. The first-order valence-electron chi connectivity index (χ1n) is 7.71. The summed E-state index contributed by atoms with van der Waals surface area (Å²) in [6.45, 7) is 2.67. The zero-order valence-corrected chi connectivity index (χ0v) is 13.0. The Morgan fingerprint density at radius 3 is 2.30 bits per heavy atom. The highest BCUT2D eigenvalue weighted by Crippen LogP contribution is 2.22. The molecule has 1 amide bonds. The molecule has 0 fully saturated rings. The lowest BCUT2D eigenvalue weighted by molar-refractivity contribution is 0.0924. The lowest BCUT2D eigenvalue weighted by atomic mass is 9.97. The zero-order chi connectivity index (χ0) is 16.1. The van der Waals surface area contributed by atoms with Crippen LogP contribution in [0.25, 0.3) is 11.1 Å². The molecule has 0 spiro atoms. The van der Waals surface area contributed by atoms with Crippen molar-refractivity contribution >= 4 is 5.91 Å². The van der Waals surface area contributed by atoms with Crippen molar-refractivity contribution in [3.05, 3.63) is 84.3 Å². The smallest absolute Gasteiger partial charge is 0.286 e. The molecule has 3 aromatic rings. The van der Waals surface area contributed by atoms with Gasteiger partial charge in [-0.1, -0.05) is 61.5 Å². The maximum Gasteiger partial charge on any atom is 0.286 e. The van der Waals surface area contributed by atoms with E-state index in [0.29, 0.717) is 12.3 Å². The van der Waals surface area contributed by atoms with Gasteiger partial charge in [-0.25, -0.2) is 0 Å². The lowest BCUT2D eigenvalue weighted by Crippen LogP contribution is -2.27. The molecule has 1 atom stereocenters. The molecule has 2 aromatic carbocycles. The summed E-state index contributed by atoms with van der Waals surface area (Å²) >= 11 is 0. The fraction of sp³-hybridized carbons (Fsp3) is 0.150. The zero-order valence-electron chi connectivity index (χ0n) is 13.0. The summed E-state index contributed by atoms with van der Waals surface area (Å²) in [7, 11) is 0. The Morgan fingerprint density at radius 2 is 1.65 bits per heavy atom. The fourth-order valence-corrected chi connectivity index (χ4v) is 2.49. The molecule has 1 heterocycles. The summed E-state index contributed by atoms with van der Waals surface area (Å²) in [4.78, 5) is 11.9. The molecule has 3 nitrogen and oxygen atoms in total. The predicted molar refractivity (Wildman–Crippen MR) is 91.3 cm³/mol. The maximum absolute atomic E-state index is 11.9. The van der Waals surface area contributed by atoms with E-state index in [4.69, 9.17) is 4.42 Å². The average Bonchev–Trinajstić information content (AvgIpc) is 3.15. The number of carbonyl (C=O) groups excluding carboxylic acids is 1. The minimum absolute atomic E-state index is 0.178. The van der Waals surface area contributed by atoms with Gasteiger partial charge in [-0.3, -0.25) is 4.79 Å². The first-order chi connectivity index (χ1) is 11.2. The molecule has 23 heavy (non-hydrogen) atoms. The number of hydrogen-bond donors (Lipinski definition) is 1. The first-order valence-corrected chi connectivity index (χ1v) is 7.71. The number of benzene rings is 2. The third kappa shape index (κ3) is 3.69. The van der Waals surface area contributed by atoms with Crippen LogP contribution in [0.4, 0.5) is 0 Å². The van der Waals surface area contributed by atoms with Crippen LogP contribution in [0.5, 0.6) is 0 Å². The number of furan rings is 1. The van der Waals surface area contributed by atoms with Gasteiger partial charge in [0, 0.05) is 6.54 Å². The van der Waals surface area contributed by atoms with Crippen molar-refractivity contribution in [1.29, 1.82) is 0 Å². The van der Waals surface area contributed by atoms with E-state index in [0.717, 1.165) is 0 Å². The number of nitrogens with one attached hydrogen (secondary N) is 1. The van der Waals surface area contributed by atoms with Crippen LogP contribution in [-0.4, -0.2) is 12.5 Å². The third-order valence-corrected chi connectivity index (χ3v) is 3.90. The molecule has 0 saturated heterocycles. The Labute approximate surface area is 136 Å². The monoisotopic (exact) mass is 305 g/mol. The molecule has 3 rings (SSSR count). The average molecular weight is 305 g/mol. The van der Waals surface area contributed by atoms with Crippen molar-refractivity contribution in [2.24, 2.45) is 0 Å². The molecular formula is C20H19NO2. The van der Waals surface area contributed by atoms with Gasteiger partial charge in [0.1, 0.15) is 0 Å². The number of rotatable bonds is 5. The van der Waals surface area contributed by atoms with Crippen LogP contribution >= 0.6 is 0 Å². The summed E-state index contributed by atoms with van der Waals surface area (Å²) in [5.74, 6) is 0.401. The minimum atomic E-state index is -0.178. The second-order valence-electron chi connectivity index (χ2n) is 5.58. The summed E-state index contributed by atoms with van der Waals surface area (Å²) < 4.78 is 5.09. The maximum atomic E-state index is 11.9. The second-order valence-corrected chi connectivity index (χ2v) is 5.58. The molecule has 3 heteroatoms. The topological polar surface area (TPSA) is 42.2 Å². The lowest BCUT2D eigenvalue weighted by Gasteiger charge is -2.13. The Balaban J connectivity index is 1.62. The van der Waals surface area contributed by atoms with Crippen molar-refractivity contribution in [3.8, 4) is 11.1 Å². The Hall–Kier alpha value is -2.81. The highest BCUT2D eigenvalue weighted by Gasteiger charge is 2.11. The van der Waals surface area contributed by atoms with Gasteiger partial charge in [0.2, 0.25) is 0 Å². The molecule has 0 radical (unpaired) electrons. The molecule has 1 aromatic heterocycles. The molecule has 1 N–H and O–H groups in total. The van der Waals surface area contributed by atoms with Crippen molar-refractivity contribution in [2.75, 3.05) is 6.54 Å². The Bertz CT molecular complexity index is 746. The first kappa shape index (κ1) is 15.1. The van der Waals surface area contributed by atoms with E-state index in [9.17, 15) is 4.79 Å². The number of amides is 1. The van der Waals surface area contributed by atoms with Crippen LogP contribution < -0.4 is 5.32 Å². The highest BCUT2D eigenvalue weighted by atomic mass is 16.3. The summed E-state index contributed by atoms with van der Waals surface area (Å²) in [6, 6.07) is 22.1. The minimum Gasteiger partial charge on any atom is -0.459 e. The third-order valence-electron chi connectivity index (χ3n) is 3.90. The van der Waals surface area contributed by atoms with E-state index in [2.05, 4.69) is 48.6 Å². The van der Waals surface area contributed by atoms with Gasteiger partial charge in [-0.05, 0) is 34.7 Å². The van der Waals surface area contributed by atoms with Gasteiger partial charge in [-0.15, -0.1) is 0 Å². The van der Waals surface area contributed by atoms with Crippen molar-refractivity contribution in [2.45, 2.75) is 12.8 Å². The Kier molecular flexibility index (Phi) is 4.57. The molecule has 1 unspecified atom stereocenters. The van der Waals surface area contributed by atoms with E-state index in [1.807, 2.05) is 18.2 Å². The summed E-state index contributed by atoms with van der Waals surface area (Å²) in [5, 5.41) is 2.90. The van der Waals surface area contributed by atoms with Crippen molar-refractivity contribution in [3.63, 3.8) is 0 Å². The molecule has 0 aliphatic rings.